The van der Waals surface area contributed by atoms with E-state index in [1.807, 2.05) is 36.4 Å². The molecule has 0 amide bonds. The largest absolute Gasteiger partial charge is 0.461 e. The van der Waals surface area contributed by atoms with Gasteiger partial charge in [-0.05, 0) is 105 Å². The summed E-state index contributed by atoms with van der Waals surface area (Å²) >= 11 is 0. The molecule has 4 nitrogen and oxygen atoms in total. The van der Waals surface area contributed by atoms with Gasteiger partial charge in [-0.15, -0.1) is 0 Å². The third-order valence-electron chi connectivity index (χ3n) is 8.45. The summed E-state index contributed by atoms with van der Waals surface area (Å²) < 4.78 is 5.77. The molecule has 0 fully saturated rings. The van der Waals surface area contributed by atoms with Crippen molar-refractivity contribution in [3.63, 3.8) is 0 Å². The lowest BCUT2D eigenvalue weighted by atomic mass is 9.91. The van der Waals surface area contributed by atoms with Crippen molar-refractivity contribution in [2.45, 2.75) is 26.7 Å². The molecule has 1 unspecified atom stereocenters. The molecule has 6 aromatic rings. The number of para-hydroxylation sites is 2. The van der Waals surface area contributed by atoms with Crippen molar-refractivity contribution in [3.8, 4) is 0 Å². The molecule has 0 aromatic heterocycles. The Kier molecular flexibility index (Phi) is 9.83. The maximum absolute atomic E-state index is 12.5. The number of carbonyl (C=O) groups is 1. The summed E-state index contributed by atoms with van der Waals surface area (Å²) in [5, 5.41) is 0. The first-order chi connectivity index (χ1) is 23.4. The molecule has 238 valence electrons. The highest BCUT2D eigenvalue weighted by Gasteiger charge is 2.20. The van der Waals surface area contributed by atoms with Crippen LogP contribution in [0.5, 0.6) is 0 Å². The molecule has 0 saturated carbocycles. The summed E-state index contributed by atoms with van der Waals surface area (Å²) in [6.45, 7) is 9.85. The molecule has 0 N–H and O–H groups in total. The molecule has 0 aliphatic carbocycles. The number of ether oxygens (including phenoxy) is 1. The molecule has 0 spiro atoms. The maximum atomic E-state index is 12.5. The zero-order chi connectivity index (χ0) is 33.5. The highest BCUT2D eigenvalue weighted by atomic mass is 16.5. The standard InChI is InChI=1S/C44H40N2O2/c1-32(2)44(47)48-31-43(35-19-27-41(28-20-35)45(37-11-7-5-8-12-37)38-13-9-6-10-14-38)36-21-29-42(30-22-36)46(39-23-15-33(3)16-24-39)40-25-17-34(4)18-26-40/h5-30,43H,1,31H2,2-4H3. The van der Waals surface area contributed by atoms with Crippen LogP contribution in [0.15, 0.2) is 170 Å². The van der Waals surface area contributed by atoms with Crippen molar-refractivity contribution < 1.29 is 9.53 Å². The molecular formula is C44H40N2O2. The monoisotopic (exact) mass is 628 g/mol. The van der Waals surface area contributed by atoms with Crippen LogP contribution in [0, 0.1) is 13.8 Å². The molecule has 6 rings (SSSR count). The highest BCUT2D eigenvalue weighted by molar-refractivity contribution is 5.87. The van der Waals surface area contributed by atoms with Gasteiger partial charge in [0.2, 0.25) is 0 Å². The van der Waals surface area contributed by atoms with E-state index in [4.69, 9.17) is 4.74 Å². The number of aryl methyl sites for hydroxylation is 2. The minimum atomic E-state index is -0.391. The van der Waals surface area contributed by atoms with Gasteiger partial charge in [-0.3, -0.25) is 0 Å². The Labute approximate surface area is 284 Å². The van der Waals surface area contributed by atoms with Gasteiger partial charge in [0.25, 0.3) is 0 Å². The third kappa shape index (κ3) is 7.40. The molecular weight excluding hydrogens is 588 g/mol. The maximum Gasteiger partial charge on any atom is 0.333 e. The minimum absolute atomic E-state index is 0.175. The van der Waals surface area contributed by atoms with Crippen LogP contribution in [0.2, 0.25) is 0 Å². The van der Waals surface area contributed by atoms with E-state index < -0.39 is 5.97 Å². The smallest absolute Gasteiger partial charge is 0.333 e. The lowest BCUT2D eigenvalue weighted by molar-refractivity contribution is -0.139. The molecule has 0 bridgehead atoms. The number of anilines is 6. The second-order valence-corrected chi connectivity index (χ2v) is 12.1. The minimum Gasteiger partial charge on any atom is -0.461 e. The van der Waals surface area contributed by atoms with E-state index in [0.717, 1.165) is 45.3 Å². The molecule has 0 aliphatic heterocycles. The predicted molar refractivity (Wildman–Crippen MR) is 199 cm³/mol. The normalized spacial score (nSPS) is 11.4. The lowest BCUT2D eigenvalue weighted by Crippen LogP contribution is -2.15. The number of nitrogens with zero attached hydrogens (tertiary/aromatic N) is 2. The van der Waals surface area contributed by atoms with Crippen molar-refractivity contribution in [2.75, 3.05) is 16.4 Å². The Morgan fingerprint density at radius 1 is 0.521 bits per heavy atom. The Balaban J connectivity index is 1.35. The SMILES string of the molecule is C=C(C)C(=O)OCC(c1ccc(N(c2ccccc2)c2ccccc2)cc1)c1ccc(N(c2ccc(C)cc2)c2ccc(C)cc2)cc1. The van der Waals surface area contributed by atoms with Crippen molar-refractivity contribution in [2.24, 2.45) is 0 Å². The highest BCUT2D eigenvalue weighted by Crippen LogP contribution is 2.38. The van der Waals surface area contributed by atoms with Crippen LogP contribution in [0.25, 0.3) is 0 Å². The molecule has 0 radical (unpaired) electrons. The summed E-state index contributed by atoms with van der Waals surface area (Å²) in [4.78, 5) is 17.0. The number of esters is 1. The average molecular weight is 629 g/mol. The van der Waals surface area contributed by atoms with Gasteiger partial charge in [-0.1, -0.05) is 103 Å². The first kappa shape index (κ1) is 32.1. The molecule has 4 heteroatoms. The van der Waals surface area contributed by atoms with E-state index in [0.29, 0.717) is 5.57 Å². The fourth-order valence-corrected chi connectivity index (χ4v) is 5.81. The number of hydrogen-bond acceptors (Lipinski definition) is 4. The van der Waals surface area contributed by atoms with Gasteiger partial charge in [0.05, 0.1) is 0 Å². The van der Waals surface area contributed by atoms with E-state index in [2.05, 4.69) is 152 Å². The van der Waals surface area contributed by atoms with Gasteiger partial charge in [-0.25, -0.2) is 4.79 Å². The summed E-state index contributed by atoms with van der Waals surface area (Å²) in [6, 6.07) is 54.9. The number of carbonyl (C=O) groups excluding carboxylic acids is 1. The number of hydrogen-bond donors (Lipinski definition) is 0. The molecule has 0 aliphatic rings. The van der Waals surface area contributed by atoms with Gasteiger partial charge in [-0.2, -0.15) is 0 Å². The summed E-state index contributed by atoms with van der Waals surface area (Å²) in [5.41, 5.74) is 11.3. The van der Waals surface area contributed by atoms with Gasteiger partial charge in [0, 0.05) is 45.6 Å². The van der Waals surface area contributed by atoms with Crippen LogP contribution >= 0.6 is 0 Å². The zero-order valence-electron chi connectivity index (χ0n) is 27.7. The first-order valence-corrected chi connectivity index (χ1v) is 16.2. The molecule has 0 heterocycles. The van der Waals surface area contributed by atoms with Gasteiger partial charge < -0.3 is 14.5 Å². The Bertz CT molecular complexity index is 1870. The topological polar surface area (TPSA) is 32.8 Å². The quantitative estimate of drug-likeness (QED) is 0.106. The average Bonchev–Trinajstić information content (AvgIpc) is 3.12. The fourth-order valence-electron chi connectivity index (χ4n) is 5.81. The Hall–Kier alpha value is -5.87. The van der Waals surface area contributed by atoms with Crippen molar-refractivity contribution in [1.29, 1.82) is 0 Å². The van der Waals surface area contributed by atoms with Crippen LogP contribution in [-0.2, 0) is 9.53 Å². The van der Waals surface area contributed by atoms with Crippen LogP contribution in [0.4, 0.5) is 34.1 Å². The van der Waals surface area contributed by atoms with Gasteiger partial charge >= 0.3 is 5.97 Å². The van der Waals surface area contributed by atoms with E-state index in [9.17, 15) is 4.79 Å². The zero-order valence-corrected chi connectivity index (χ0v) is 27.7. The predicted octanol–water partition coefficient (Wildman–Crippen LogP) is 11.5. The van der Waals surface area contributed by atoms with Crippen LogP contribution in [0.3, 0.4) is 0 Å². The Morgan fingerprint density at radius 3 is 1.17 bits per heavy atom. The number of benzene rings is 6. The Morgan fingerprint density at radius 2 is 0.833 bits per heavy atom. The molecule has 48 heavy (non-hydrogen) atoms. The lowest BCUT2D eigenvalue weighted by Gasteiger charge is -2.27. The van der Waals surface area contributed by atoms with E-state index >= 15 is 0 Å². The van der Waals surface area contributed by atoms with E-state index in [-0.39, 0.29) is 12.5 Å². The molecule has 6 aromatic carbocycles. The van der Waals surface area contributed by atoms with Crippen molar-refractivity contribution in [1.82, 2.24) is 0 Å². The van der Waals surface area contributed by atoms with Crippen LogP contribution in [0.1, 0.15) is 35.1 Å². The van der Waals surface area contributed by atoms with Gasteiger partial charge in [0.1, 0.15) is 6.61 Å². The third-order valence-corrected chi connectivity index (χ3v) is 8.45. The number of rotatable bonds is 11. The van der Waals surface area contributed by atoms with Crippen molar-refractivity contribution >= 4 is 40.1 Å². The van der Waals surface area contributed by atoms with Gasteiger partial charge in [0.15, 0.2) is 0 Å². The fraction of sp³-hybridized carbons (Fsp3) is 0.114. The van der Waals surface area contributed by atoms with Crippen molar-refractivity contribution in [3.05, 3.63) is 192 Å². The van der Waals surface area contributed by atoms with E-state index in [1.165, 1.54) is 11.1 Å². The van der Waals surface area contributed by atoms with E-state index in [1.54, 1.807) is 6.92 Å². The first-order valence-electron chi connectivity index (χ1n) is 16.2. The molecule has 1 atom stereocenters. The summed E-state index contributed by atoms with van der Waals surface area (Å²) in [5.74, 6) is -0.567. The van der Waals surface area contributed by atoms with Crippen LogP contribution < -0.4 is 9.80 Å². The second kappa shape index (κ2) is 14.7. The summed E-state index contributed by atoms with van der Waals surface area (Å²) in [6.07, 6.45) is 0. The molecule has 0 saturated heterocycles. The van der Waals surface area contributed by atoms with Crippen LogP contribution in [-0.4, -0.2) is 12.6 Å². The summed E-state index contributed by atoms with van der Waals surface area (Å²) in [7, 11) is 0. The second-order valence-electron chi connectivity index (χ2n) is 12.1.